The van der Waals surface area contributed by atoms with E-state index in [2.05, 4.69) is 37.7 Å². The van der Waals surface area contributed by atoms with Crippen molar-refractivity contribution in [2.75, 3.05) is 24.2 Å². The number of aromatic nitrogens is 4. The average molecular weight is 248 g/mol. The van der Waals surface area contributed by atoms with Gasteiger partial charge in [0.05, 0.1) is 11.6 Å². The van der Waals surface area contributed by atoms with E-state index in [0.29, 0.717) is 5.95 Å². The number of hydrogen-bond acceptors (Lipinski definition) is 5. The molecule has 0 spiro atoms. The summed E-state index contributed by atoms with van der Waals surface area (Å²) in [7, 11) is 1.81. The molecule has 0 saturated heterocycles. The van der Waals surface area contributed by atoms with Gasteiger partial charge in [0, 0.05) is 13.6 Å². The molecule has 0 aromatic carbocycles. The summed E-state index contributed by atoms with van der Waals surface area (Å²) in [4.78, 5) is 8.71. The molecule has 0 atom stereocenters. The predicted octanol–water partition coefficient (Wildman–Crippen LogP) is 2.39. The zero-order valence-corrected chi connectivity index (χ0v) is 11.0. The molecule has 0 radical (unpaired) electrons. The Morgan fingerprint density at radius 1 is 1.22 bits per heavy atom. The van der Waals surface area contributed by atoms with E-state index in [9.17, 15) is 0 Å². The van der Waals surface area contributed by atoms with Gasteiger partial charge in [0.25, 0.3) is 0 Å². The molecule has 0 bridgehead atoms. The highest BCUT2D eigenvalue weighted by Gasteiger charge is 2.07. The minimum atomic E-state index is 0.600. The summed E-state index contributed by atoms with van der Waals surface area (Å²) in [6.07, 6.45) is 6.70. The number of nitrogens with zero attached hydrogens (tertiary/aromatic N) is 3. The van der Waals surface area contributed by atoms with Crippen LogP contribution in [0.1, 0.15) is 32.6 Å². The van der Waals surface area contributed by atoms with Crippen LogP contribution in [-0.4, -0.2) is 33.8 Å². The standard InChI is InChI=1S/C12H20N6/c1-3-4-5-6-7-14-10-9-8-15-18-11(9)17-12(13-2)16-10/h8H,3-7H2,1-2H3,(H3,13,14,15,16,17,18). The minimum Gasteiger partial charge on any atom is -0.369 e. The normalized spacial score (nSPS) is 10.8. The van der Waals surface area contributed by atoms with Gasteiger partial charge in [0.1, 0.15) is 5.82 Å². The summed E-state index contributed by atoms with van der Waals surface area (Å²) >= 11 is 0. The van der Waals surface area contributed by atoms with E-state index in [1.54, 1.807) is 6.20 Å². The first kappa shape index (κ1) is 12.6. The van der Waals surface area contributed by atoms with E-state index in [1.807, 2.05) is 7.05 Å². The van der Waals surface area contributed by atoms with E-state index in [4.69, 9.17) is 0 Å². The maximum atomic E-state index is 4.42. The number of aromatic amines is 1. The van der Waals surface area contributed by atoms with Crippen molar-refractivity contribution in [3.63, 3.8) is 0 Å². The van der Waals surface area contributed by atoms with Crippen molar-refractivity contribution >= 4 is 22.8 Å². The molecule has 0 amide bonds. The molecule has 0 aliphatic carbocycles. The molecule has 18 heavy (non-hydrogen) atoms. The zero-order valence-electron chi connectivity index (χ0n) is 11.0. The Labute approximate surface area is 107 Å². The van der Waals surface area contributed by atoms with Crippen LogP contribution in [0.4, 0.5) is 11.8 Å². The van der Waals surface area contributed by atoms with Crippen LogP contribution in [0.2, 0.25) is 0 Å². The molecular weight excluding hydrogens is 228 g/mol. The Morgan fingerprint density at radius 2 is 2.11 bits per heavy atom. The number of H-pyrrole nitrogens is 1. The van der Waals surface area contributed by atoms with Gasteiger partial charge in [-0.1, -0.05) is 26.2 Å². The highest BCUT2D eigenvalue weighted by molar-refractivity contribution is 5.86. The van der Waals surface area contributed by atoms with Gasteiger partial charge in [-0.25, -0.2) is 0 Å². The lowest BCUT2D eigenvalue weighted by Gasteiger charge is -2.07. The van der Waals surface area contributed by atoms with Crippen LogP contribution in [0.5, 0.6) is 0 Å². The lowest BCUT2D eigenvalue weighted by atomic mass is 10.2. The number of hydrogen-bond donors (Lipinski definition) is 3. The van der Waals surface area contributed by atoms with Crippen LogP contribution < -0.4 is 10.6 Å². The van der Waals surface area contributed by atoms with Crippen molar-refractivity contribution in [1.82, 2.24) is 20.2 Å². The molecule has 2 rings (SSSR count). The topological polar surface area (TPSA) is 78.5 Å². The summed E-state index contributed by atoms with van der Waals surface area (Å²) in [6.45, 7) is 3.15. The molecule has 0 saturated carbocycles. The van der Waals surface area contributed by atoms with Gasteiger partial charge >= 0.3 is 0 Å². The summed E-state index contributed by atoms with van der Waals surface area (Å²) < 4.78 is 0. The first-order chi connectivity index (χ1) is 8.85. The maximum Gasteiger partial charge on any atom is 0.226 e. The zero-order chi connectivity index (χ0) is 12.8. The van der Waals surface area contributed by atoms with Crippen LogP contribution >= 0.6 is 0 Å². The molecule has 0 unspecified atom stereocenters. The molecule has 98 valence electrons. The first-order valence-corrected chi connectivity index (χ1v) is 6.48. The number of unbranched alkanes of at least 4 members (excludes halogenated alkanes) is 3. The number of anilines is 2. The van der Waals surface area contributed by atoms with Crippen LogP contribution in [0, 0.1) is 0 Å². The largest absolute Gasteiger partial charge is 0.369 e. The van der Waals surface area contributed by atoms with E-state index < -0.39 is 0 Å². The Bertz CT molecular complexity index is 492. The van der Waals surface area contributed by atoms with Crippen molar-refractivity contribution in [1.29, 1.82) is 0 Å². The summed E-state index contributed by atoms with van der Waals surface area (Å²) in [5, 5.41) is 14.1. The fourth-order valence-electron chi connectivity index (χ4n) is 1.84. The van der Waals surface area contributed by atoms with Crippen LogP contribution in [-0.2, 0) is 0 Å². The lowest BCUT2D eigenvalue weighted by Crippen LogP contribution is -2.06. The smallest absolute Gasteiger partial charge is 0.226 e. The second kappa shape index (κ2) is 6.18. The molecule has 0 fully saturated rings. The lowest BCUT2D eigenvalue weighted by molar-refractivity contribution is 0.684. The fourth-order valence-corrected chi connectivity index (χ4v) is 1.84. The second-order valence-corrected chi connectivity index (χ2v) is 4.27. The maximum absolute atomic E-state index is 4.42. The van der Waals surface area contributed by atoms with Crippen LogP contribution in [0.15, 0.2) is 6.20 Å². The van der Waals surface area contributed by atoms with Gasteiger partial charge in [-0.2, -0.15) is 15.1 Å². The van der Waals surface area contributed by atoms with Crippen molar-refractivity contribution in [2.45, 2.75) is 32.6 Å². The molecule has 0 aliphatic heterocycles. The first-order valence-electron chi connectivity index (χ1n) is 6.48. The van der Waals surface area contributed by atoms with Gasteiger partial charge in [0.15, 0.2) is 5.65 Å². The quantitative estimate of drug-likeness (QED) is 0.656. The van der Waals surface area contributed by atoms with Gasteiger partial charge in [-0.3, -0.25) is 5.10 Å². The summed E-state index contributed by atoms with van der Waals surface area (Å²) in [6, 6.07) is 0. The molecule has 3 N–H and O–H groups in total. The predicted molar refractivity (Wildman–Crippen MR) is 73.9 cm³/mol. The van der Waals surface area contributed by atoms with Gasteiger partial charge in [-0.15, -0.1) is 0 Å². The highest BCUT2D eigenvalue weighted by atomic mass is 15.2. The Kier molecular flexibility index (Phi) is 4.33. The molecule has 6 nitrogen and oxygen atoms in total. The Morgan fingerprint density at radius 3 is 2.89 bits per heavy atom. The van der Waals surface area contributed by atoms with Crippen molar-refractivity contribution in [3.8, 4) is 0 Å². The third-order valence-corrected chi connectivity index (χ3v) is 2.86. The van der Waals surface area contributed by atoms with Crippen LogP contribution in [0.25, 0.3) is 11.0 Å². The van der Waals surface area contributed by atoms with E-state index >= 15 is 0 Å². The second-order valence-electron chi connectivity index (χ2n) is 4.27. The fraction of sp³-hybridized carbons (Fsp3) is 0.583. The third-order valence-electron chi connectivity index (χ3n) is 2.86. The van der Waals surface area contributed by atoms with Gasteiger partial charge in [-0.05, 0) is 6.42 Å². The Hall–Kier alpha value is -1.85. The molecule has 6 heteroatoms. The number of fused-ring (bicyclic) bond motifs is 1. The number of rotatable bonds is 7. The molecule has 0 aliphatic rings. The Balaban J connectivity index is 2.04. The molecular formula is C12H20N6. The van der Waals surface area contributed by atoms with E-state index in [1.165, 1.54) is 19.3 Å². The van der Waals surface area contributed by atoms with Crippen LogP contribution in [0.3, 0.4) is 0 Å². The van der Waals surface area contributed by atoms with Gasteiger partial charge < -0.3 is 10.6 Å². The number of nitrogens with one attached hydrogen (secondary N) is 3. The molecule has 2 aromatic heterocycles. The van der Waals surface area contributed by atoms with Crippen molar-refractivity contribution < 1.29 is 0 Å². The SMILES string of the molecule is CCCCCCNc1nc(NC)nc2[nH]ncc12. The molecule has 2 aromatic rings. The average Bonchev–Trinajstić information content (AvgIpc) is 2.86. The summed E-state index contributed by atoms with van der Waals surface area (Å²) in [5.41, 5.74) is 0.755. The highest BCUT2D eigenvalue weighted by Crippen LogP contribution is 2.19. The van der Waals surface area contributed by atoms with E-state index in [-0.39, 0.29) is 0 Å². The van der Waals surface area contributed by atoms with Crippen molar-refractivity contribution in [3.05, 3.63) is 6.20 Å². The minimum absolute atomic E-state index is 0.600. The molecule has 2 heterocycles. The van der Waals surface area contributed by atoms with E-state index in [0.717, 1.165) is 29.8 Å². The van der Waals surface area contributed by atoms with Gasteiger partial charge in [0.2, 0.25) is 5.95 Å². The van der Waals surface area contributed by atoms with Crippen molar-refractivity contribution in [2.24, 2.45) is 0 Å². The monoisotopic (exact) mass is 248 g/mol. The third kappa shape index (κ3) is 2.88. The summed E-state index contributed by atoms with van der Waals surface area (Å²) in [5.74, 6) is 1.44.